The monoisotopic (exact) mass is 171 g/mol. The fraction of sp³-hybridized carbons (Fsp3) is 0.889. The fourth-order valence-corrected chi connectivity index (χ4v) is 1.28. The molecule has 0 bridgehead atoms. The topological polar surface area (TPSA) is 38.3 Å². The second-order valence-corrected chi connectivity index (χ2v) is 3.16. The summed E-state index contributed by atoms with van der Waals surface area (Å²) in [7, 11) is 0. The van der Waals surface area contributed by atoms with E-state index in [0.29, 0.717) is 24.8 Å². The molecule has 0 unspecified atom stereocenters. The van der Waals surface area contributed by atoms with Gasteiger partial charge in [-0.25, -0.2) is 0 Å². The minimum Gasteiger partial charge on any atom is -0.381 e. The van der Waals surface area contributed by atoms with Gasteiger partial charge in [0.1, 0.15) is 5.78 Å². The van der Waals surface area contributed by atoms with Gasteiger partial charge in [-0.3, -0.25) is 4.79 Å². The Morgan fingerprint density at radius 3 is 2.75 bits per heavy atom. The van der Waals surface area contributed by atoms with Gasteiger partial charge in [0.2, 0.25) is 0 Å². The van der Waals surface area contributed by atoms with Crippen molar-refractivity contribution in [1.29, 1.82) is 0 Å². The molecule has 0 aromatic heterocycles. The van der Waals surface area contributed by atoms with Crippen LogP contribution in [-0.2, 0) is 9.53 Å². The molecule has 1 aliphatic heterocycles. The van der Waals surface area contributed by atoms with Crippen LogP contribution in [0.3, 0.4) is 0 Å². The normalized spacial score (nSPS) is 19.4. The molecule has 1 saturated heterocycles. The Hall–Kier alpha value is -0.410. The first-order valence-electron chi connectivity index (χ1n) is 4.65. The Labute approximate surface area is 73.5 Å². The van der Waals surface area contributed by atoms with Crippen molar-refractivity contribution in [2.75, 3.05) is 19.8 Å². The molecule has 1 rings (SSSR count). The Morgan fingerprint density at radius 2 is 2.17 bits per heavy atom. The highest BCUT2D eigenvalue weighted by Crippen LogP contribution is 2.05. The number of hydrogen-bond acceptors (Lipinski definition) is 3. The summed E-state index contributed by atoms with van der Waals surface area (Å²) in [4.78, 5) is 11.0. The average Bonchev–Trinajstić information content (AvgIpc) is 2.16. The lowest BCUT2D eigenvalue weighted by molar-refractivity contribution is -0.118. The zero-order valence-electron chi connectivity index (χ0n) is 7.64. The third-order valence-corrected chi connectivity index (χ3v) is 2.20. The standard InChI is InChI=1S/C9H17NO2/c1-2-9(11)7-10-8-3-5-12-6-4-8/h8,10H,2-7H2,1H3. The molecular formula is C9H17NO2. The van der Waals surface area contributed by atoms with Crippen molar-refractivity contribution in [1.82, 2.24) is 5.32 Å². The molecule has 1 N–H and O–H groups in total. The Bertz CT molecular complexity index is 141. The Balaban J connectivity index is 2.09. The van der Waals surface area contributed by atoms with Crippen LogP contribution < -0.4 is 5.32 Å². The number of ketones is 1. The van der Waals surface area contributed by atoms with Gasteiger partial charge in [-0.15, -0.1) is 0 Å². The highest BCUT2D eigenvalue weighted by molar-refractivity contribution is 5.80. The lowest BCUT2D eigenvalue weighted by Crippen LogP contribution is -2.37. The zero-order valence-corrected chi connectivity index (χ0v) is 7.64. The molecule has 70 valence electrons. The number of rotatable bonds is 4. The summed E-state index contributed by atoms with van der Waals surface area (Å²) >= 11 is 0. The number of Topliss-reactive ketones (excluding diaryl/α,β-unsaturated/α-hetero) is 1. The van der Waals surface area contributed by atoms with E-state index < -0.39 is 0 Å². The van der Waals surface area contributed by atoms with Gasteiger partial charge < -0.3 is 10.1 Å². The van der Waals surface area contributed by atoms with Crippen molar-refractivity contribution in [3.63, 3.8) is 0 Å². The van der Waals surface area contributed by atoms with Crippen molar-refractivity contribution in [2.24, 2.45) is 0 Å². The average molecular weight is 171 g/mol. The quantitative estimate of drug-likeness (QED) is 0.677. The number of carbonyl (C=O) groups excluding carboxylic acids is 1. The molecular weight excluding hydrogens is 154 g/mol. The van der Waals surface area contributed by atoms with Gasteiger partial charge in [0, 0.05) is 25.7 Å². The van der Waals surface area contributed by atoms with E-state index >= 15 is 0 Å². The van der Waals surface area contributed by atoms with E-state index in [4.69, 9.17) is 4.74 Å². The molecule has 3 heteroatoms. The molecule has 0 saturated carbocycles. The molecule has 0 aromatic carbocycles. The first kappa shape index (κ1) is 9.68. The molecule has 0 spiro atoms. The predicted molar refractivity (Wildman–Crippen MR) is 47.1 cm³/mol. The second kappa shape index (κ2) is 5.27. The van der Waals surface area contributed by atoms with E-state index in [1.807, 2.05) is 6.92 Å². The van der Waals surface area contributed by atoms with Crippen LogP contribution >= 0.6 is 0 Å². The number of hydrogen-bond donors (Lipinski definition) is 1. The van der Waals surface area contributed by atoms with E-state index in [0.717, 1.165) is 26.1 Å². The molecule has 3 nitrogen and oxygen atoms in total. The largest absolute Gasteiger partial charge is 0.381 e. The van der Waals surface area contributed by atoms with Gasteiger partial charge in [0.05, 0.1) is 6.54 Å². The summed E-state index contributed by atoms with van der Waals surface area (Å²) in [6.45, 7) is 4.09. The zero-order chi connectivity index (χ0) is 8.81. The van der Waals surface area contributed by atoms with Crippen LogP contribution in [0.25, 0.3) is 0 Å². The predicted octanol–water partition coefficient (Wildman–Crippen LogP) is 0.734. The summed E-state index contributed by atoms with van der Waals surface area (Å²) in [5.41, 5.74) is 0. The van der Waals surface area contributed by atoms with E-state index in [1.165, 1.54) is 0 Å². The Kier molecular flexibility index (Phi) is 4.25. The minimum atomic E-state index is 0.293. The maximum Gasteiger partial charge on any atom is 0.146 e. The molecule has 0 aromatic rings. The van der Waals surface area contributed by atoms with Crippen LogP contribution in [-0.4, -0.2) is 31.6 Å². The number of nitrogens with one attached hydrogen (secondary N) is 1. The van der Waals surface area contributed by atoms with Crippen molar-refractivity contribution in [3.8, 4) is 0 Å². The van der Waals surface area contributed by atoms with E-state index in [1.54, 1.807) is 0 Å². The molecule has 1 aliphatic rings. The van der Waals surface area contributed by atoms with Crippen LogP contribution in [0.2, 0.25) is 0 Å². The Morgan fingerprint density at radius 1 is 1.50 bits per heavy atom. The number of ether oxygens (including phenoxy) is 1. The summed E-state index contributed by atoms with van der Waals surface area (Å²) in [5.74, 6) is 0.293. The highest BCUT2D eigenvalue weighted by Gasteiger charge is 2.13. The van der Waals surface area contributed by atoms with Gasteiger partial charge in [-0.05, 0) is 12.8 Å². The van der Waals surface area contributed by atoms with Crippen molar-refractivity contribution in [2.45, 2.75) is 32.2 Å². The maximum absolute atomic E-state index is 11.0. The molecule has 12 heavy (non-hydrogen) atoms. The second-order valence-electron chi connectivity index (χ2n) is 3.16. The summed E-state index contributed by atoms with van der Waals surface area (Å²) in [6.07, 6.45) is 2.71. The van der Waals surface area contributed by atoms with Gasteiger partial charge in [0.25, 0.3) is 0 Å². The van der Waals surface area contributed by atoms with Crippen LogP contribution in [0, 0.1) is 0 Å². The van der Waals surface area contributed by atoms with Crippen LogP contribution in [0.1, 0.15) is 26.2 Å². The van der Waals surface area contributed by atoms with Gasteiger partial charge in [-0.1, -0.05) is 6.92 Å². The lowest BCUT2D eigenvalue weighted by atomic mass is 10.1. The maximum atomic E-state index is 11.0. The third kappa shape index (κ3) is 3.32. The van der Waals surface area contributed by atoms with Crippen LogP contribution in [0.15, 0.2) is 0 Å². The first-order valence-corrected chi connectivity index (χ1v) is 4.65. The lowest BCUT2D eigenvalue weighted by Gasteiger charge is -2.22. The van der Waals surface area contributed by atoms with Gasteiger partial charge >= 0.3 is 0 Å². The minimum absolute atomic E-state index is 0.293. The van der Waals surface area contributed by atoms with E-state index in [9.17, 15) is 4.79 Å². The van der Waals surface area contributed by atoms with E-state index in [-0.39, 0.29) is 0 Å². The summed E-state index contributed by atoms with van der Waals surface area (Å²) < 4.78 is 5.21. The van der Waals surface area contributed by atoms with Gasteiger partial charge in [-0.2, -0.15) is 0 Å². The fourth-order valence-electron chi connectivity index (χ4n) is 1.28. The van der Waals surface area contributed by atoms with Crippen LogP contribution in [0.4, 0.5) is 0 Å². The molecule has 0 amide bonds. The van der Waals surface area contributed by atoms with Crippen molar-refractivity contribution in [3.05, 3.63) is 0 Å². The third-order valence-electron chi connectivity index (χ3n) is 2.20. The summed E-state index contributed by atoms with van der Waals surface area (Å²) in [6, 6.07) is 0.495. The highest BCUT2D eigenvalue weighted by atomic mass is 16.5. The van der Waals surface area contributed by atoms with Crippen LogP contribution in [0.5, 0.6) is 0 Å². The molecule has 0 atom stereocenters. The smallest absolute Gasteiger partial charge is 0.146 e. The molecule has 1 fully saturated rings. The molecule has 0 aliphatic carbocycles. The number of carbonyl (C=O) groups is 1. The van der Waals surface area contributed by atoms with Crippen molar-refractivity contribution >= 4 is 5.78 Å². The van der Waals surface area contributed by atoms with E-state index in [2.05, 4.69) is 5.32 Å². The first-order chi connectivity index (χ1) is 5.83. The SMILES string of the molecule is CCC(=O)CNC1CCOCC1. The van der Waals surface area contributed by atoms with Gasteiger partial charge in [0.15, 0.2) is 0 Å². The molecule has 0 radical (unpaired) electrons. The molecule has 1 heterocycles. The van der Waals surface area contributed by atoms with Crippen molar-refractivity contribution < 1.29 is 9.53 Å². The summed E-state index contributed by atoms with van der Waals surface area (Å²) in [5, 5.41) is 3.24.